The van der Waals surface area contributed by atoms with Crippen LogP contribution in [-0.2, 0) is 6.54 Å². The number of aromatic nitrogens is 1. The summed E-state index contributed by atoms with van der Waals surface area (Å²) >= 11 is 3.04. The number of hydrogen-bond donors (Lipinski definition) is 1. The van der Waals surface area contributed by atoms with Crippen molar-refractivity contribution in [2.75, 3.05) is 7.11 Å². The molecule has 4 nitrogen and oxygen atoms in total. The summed E-state index contributed by atoms with van der Waals surface area (Å²) in [5, 5.41) is 5.80. The van der Waals surface area contributed by atoms with Gasteiger partial charge in [-0.05, 0) is 43.3 Å². The highest BCUT2D eigenvalue weighted by molar-refractivity contribution is 7.14. The highest BCUT2D eigenvalue weighted by atomic mass is 32.1. The van der Waals surface area contributed by atoms with Gasteiger partial charge in [-0.2, -0.15) is 0 Å². The molecule has 0 radical (unpaired) electrons. The molecule has 0 saturated carbocycles. The zero-order valence-electron chi connectivity index (χ0n) is 12.8. The number of amides is 1. The fourth-order valence-corrected chi connectivity index (χ4v) is 3.61. The SMILES string of the molecule is COc1ccc(-c2csc(CNC(=O)c3ccc(C)s3)n2)cc1. The number of thiazole rings is 1. The molecule has 0 unspecified atom stereocenters. The molecule has 2 aromatic heterocycles. The Bertz CT molecular complexity index is 806. The Labute approximate surface area is 142 Å². The van der Waals surface area contributed by atoms with Crippen LogP contribution in [0.5, 0.6) is 5.75 Å². The van der Waals surface area contributed by atoms with Gasteiger partial charge in [0.1, 0.15) is 10.8 Å². The second kappa shape index (κ2) is 6.93. The number of aryl methyl sites for hydroxylation is 1. The van der Waals surface area contributed by atoms with Crippen LogP contribution in [0.15, 0.2) is 41.8 Å². The van der Waals surface area contributed by atoms with Crippen molar-refractivity contribution in [1.29, 1.82) is 0 Å². The molecule has 0 fully saturated rings. The summed E-state index contributed by atoms with van der Waals surface area (Å²) in [4.78, 5) is 18.5. The summed E-state index contributed by atoms with van der Waals surface area (Å²) in [6.07, 6.45) is 0. The minimum absolute atomic E-state index is 0.0516. The van der Waals surface area contributed by atoms with E-state index in [1.165, 1.54) is 11.3 Å². The number of hydrogen-bond acceptors (Lipinski definition) is 5. The van der Waals surface area contributed by atoms with Crippen LogP contribution in [0.4, 0.5) is 0 Å². The molecule has 0 atom stereocenters. The normalized spacial score (nSPS) is 10.5. The number of methoxy groups -OCH3 is 1. The number of benzene rings is 1. The fraction of sp³-hybridized carbons (Fsp3) is 0.176. The highest BCUT2D eigenvalue weighted by Gasteiger charge is 2.10. The second-order valence-electron chi connectivity index (χ2n) is 4.95. The molecule has 0 aliphatic heterocycles. The predicted octanol–water partition coefficient (Wildman–Crippen LogP) is 4.12. The molecule has 118 valence electrons. The van der Waals surface area contributed by atoms with Gasteiger partial charge in [0.2, 0.25) is 0 Å². The van der Waals surface area contributed by atoms with Crippen molar-refractivity contribution in [3.63, 3.8) is 0 Å². The second-order valence-corrected chi connectivity index (χ2v) is 7.18. The van der Waals surface area contributed by atoms with Gasteiger partial charge in [0.15, 0.2) is 0 Å². The molecular weight excluding hydrogens is 328 g/mol. The number of ether oxygens (including phenoxy) is 1. The number of carbonyl (C=O) groups is 1. The van der Waals surface area contributed by atoms with Gasteiger partial charge < -0.3 is 10.1 Å². The van der Waals surface area contributed by atoms with Crippen LogP contribution in [0, 0.1) is 6.92 Å². The van der Waals surface area contributed by atoms with Crippen molar-refractivity contribution in [1.82, 2.24) is 10.3 Å². The summed E-state index contributed by atoms with van der Waals surface area (Å²) in [6.45, 7) is 2.43. The third-order valence-electron chi connectivity index (χ3n) is 3.30. The van der Waals surface area contributed by atoms with E-state index in [2.05, 4.69) is 10.3 Å². The van der Waals surface area contributed by atoms with E-state index in [1.807, 2.05) is 48.7 Å². The average Bonchev–Trinajstić information content (AvgIpc) is 3.22. The summed E-state index contributed by atoms with van der Waals surface area (Å²) in [5.41, 5.74) is 1.95. The standard InChI is InChI=1S/C17H16N2O2S2/c1-11-3-8-15(23-11)17(20)18-9-16-19-14(10-22-16)12-4-6-13(21-2)7-5-12/h3-8,10H,9H2,1-2H3,(H,18,20). The number of nitrogens with one attached hydrogen (secondary N) is 1. The molecule has 0 aliphatic rings. The monoisotopic (exact) mass is 344 g/mol. The van der Waals surface area contributed by atoms with Gasteiger partial charge in [0.05, 0.1) is 24.2 Å². The van der Waals surface area contributed by atoms with Gasteiger partial charge in [0.25, 0.3) is 5.91 Å². The molecular formula is C17H16N2O2S2. The van der Waals surface area contributed by atoms with Gasteiger partial charge in [-0.1, -0.05) is 0 Å². The summed E-state index contributed by atoms with van der Waals surface area (Å²) in [7, 11) is 1.65. The molecule has 6 heteroatoms. The molecule has 3 rings (SSSR count). The lowest BCUT2D eigenvalue weighted by molar-refractivity contribution is 0.0955. The molecule has 0 aliphatic carbocycles. The van der Waals surface area contributed by atoms with E-state index in [0.29, 0.717) is 6.54 Å². The Balaban J connectivity index is 1.63. The minimum atomic E-state index is -0.0516. The Hall–Kier alpha value is -2.18. The molecule has 1 amide bonds. The molecule has 1 aromatic carbocycles. The van der Waals surface area contributed by atoms with Gasteiger partial charge in [0, 0.05) is 15.8 Å². The van der Waals surface area contributed by atoms with Crippen molar-refractivity contribution in [2.45, 2.75) is 13.5 Å². The lowest BCUT2D eigenvalue weighted by Gasteiger charge is -2.01. The lowest BCUT2D eigenvalue weighted by atomic mass is 10.2. The third-order valence-corrected chi connectivity index (χ3v) is 5.15. The lowest BCUT2D eigenvalue weighted by Crippen LogP contribution is -2.21. The smallest absolute Gasteiger partial charge is 0.261 e. The van der Waals surface area contributed by atoms with Gasteiger partial charge in [-0.25, -0.2) is 4.98 Å². The number of carbonyl (C=O) groups excluding carboxylic acids is 1. The minimum Gasteiger partial charge on any atom is -0.497 e. The first-order valence-corrected chi connectivity index (χ1v) is 8.79. The van der Waals surface area contributed by atoms with E-state index >= 15 is 0 Å². The van der Waals surface area contributed by atoms with Crippen molar-refractivity contribution < 1.29 is 9.53 Å². The molecule has 3 aromatic rings. The van der Waals surface area contributed by atoms with Crippen LogP contribution >= 0.6 is 22.7 Å². The maximum absolute atomic E-state index is 12.0. The maximum atomic E-state index is 12.0. The van der Waals surface area contributed by atoms with Crippen molar-refractivity contribution in [2.24, 2.45) is 0 Å². The zero-order chi connectivity index (χ0) is 16.2. The summed E-state index contributed by atoms with van der Waals surface area (Å²) in [6, 6.07) is 11.6. The van der Waals surface area contributed by atoms with E-state index in [4.69, 9.17) is 4.74 Å². The summed E-state index contributed by atoms with van der Waals surface area (Å²) < 4.78 is 5.15. The van der Waals surface area contributed by atoms with E-state index < -0.39 is 0 Å². The molecule has 1 N–H and O–H groups in total. The van der Waals surface area contributed by atoms with Crippen LogP contribution in [0.3, 0.4) is 0 Å². The Morgan fingerprint density at radius 3 is 2.65 bits per heavy atom. The fourth-order valence-electron chi connectivity index (χ4n) is 2.09. The van der Waals surface area contributed by atoms with E-state index in [1.54, 1.807) is 18.4 Å². The van der Waals surface area contributed by atoms with E-state index in [-0.39, 0.29) is 5.91 Å². The number of rotatable bonds is 5. The average molecular weight is 344 g/mol. The number of thiophene rings is 1. The molecule has 23 heavy (non-hydrogen) atoms. The Morgan fingerprint density at radius 2 is 2.00 bits per heavy atom. The van der Waals surface area contributed by atoms with Gasteiger partial charge in [-0.3, -0.25) is 4.79 Å². The number of nitrogens with zero attached hydrogens (tertiary/aromatic N) is 1. The van der Waals surface area contributed by atoms with Crippen LogP contribution in [0.2, 0.25) is 0 Å². The van der Waals surface area contributed by atoms with Crippen LogP contribution in [0.25, 0.3) is 11.3 Å². The third kappa shape index (κ3) is 3.78. The quantitative estimate of drug-likeness (QED) is 0.757. The topological polar surface area (TPSA) is 51.2 Å². The molecule has 0 spiro atoms. The first-order valence-electron chi connectivity index (χ1n) is 7.09. The highest BCUT2D eigenvalue weighted by Crippen LogP contribution is 2.24. The predicted molar refractivity (Wildman–Crippen MR) is 94.3 cm³/mol. The maximum Gasteiger partial charge on any atom is 0.261 e. The molecule has 0 saturated heterocycles. The van der Waals surface area contributed by atoms with Crippen molar-refractivity contribution >= 4 is 28.6 Å². The largest absolute Gasteiger partial charge is 0.497 e. The first-order chi connectivity index (χ1) is 11.2. The summed E-state index contributed by atoms with van der Waals surface area (Å²) in [5.74, 6) is 0.770. The zero-order valence-corrected chi connectivity index (χ0v) is 14.5. The Kier molecular flexibility index (Phi) is 4.73. The van der Waals surface area contributed by atoms with Crippen LogP contribution < -0.4 is 10.1 Å². The van der Waals surface area contributed by atoms with Gasteiger partial charge >= 0.3 is 0 Å². The van der Waals surface area contributed by atoms with E-state index in [0.717, 1.165) is 31.8 Å². The van der Waals surface area contributed by atoms with Crippen molar-refractivity contribution in [3.05, 3.63) is 56.5 Å². The van der Waals surface area contributed by atoms with Gasteiger partial charge in [-0.15, -0.1) is 22.7 Å². The molecule has 0 bridgehead atoms. The van der Waals surface area contributed by atoms with Crippen molar-refractivity contribution in [3.8, 4) is 17.0 Å². The van der Waals surface area contributed by atoms with Crippen LogP contribution in [0.1, 0.15) is 19.6 Å². The van der Waals surface area contributed by atoms with E-state index in [9.17, 15) is 4.79 Å². The van der Waals surface area contributed by atoms with Crippen LogP contribution in [-0.4, -0.2) is 18.0 Å². The Morgan fingerprint density at radius 1 is 1.22 bits per heavy atom. The first kappa shape index (κ1) is 15.7. The molecule has 2 heterocycles.